The van der Waals surface area contributed by atoms with Crippen LogP contribution in [0, 0.1) is 0 Å². The summed E-state index contributed by atoms with van der Waals surface area (Å²) in [6, 6.07) is -9.74. The first-order valence-electron chi connectivity index (χ1n) is 27.6. The predicted molar refractivity (Wildman–Crippen MR) is 343 cm³/mol. The highest BCUT2D eigenvalue weighted by molar-refractivity contribution is 7.80. The van der Waals surface area contributed by atoms with Crippen LogP contribution in [0.1, 0.15) is 89.9 Å². The predicted octanol–water partition coefficient (Wildman–Crippen LogP) is -11.9. The lowest BCUT2D eigenvalue weighted by molar-refractivity contribution is -0.144. The van der Waals surface area contributed by atoms with Crippen LogP contribution in [0.2, 0.25) is 0 Å². The highest BCUT2D eigenvalue weighted by atomic mass is 32.1. The van der Waals surface area contributed by atoms with Crippen LogP contribution < -0.4 is 102 Å². The van der Waals surface area contributed by atoms with Crippen molar-refractivity contribution in [3.8, 4) is 0 Å². The topological polar surface area (TPSA) is 1010 Å². The van der Waals surface area contributed by atoms with Gasteiger partial charge in [0.1, 0.15) is 60.4 Å². The third-order valence-corrected chi connectivity index (χ3v) is 10.0. The molecule has 10 atom stereocenters. The molecule has 0 radical (unpaired) electrons. The molecule has 50 heteroatoms. The Morgan fingerprint density at radius 3 is 0.990 bits per heavy atom. The SMILES string of the molecule is NC(=O)CC[C@H](N)C(=O)O.NC(=O)C[C@H](N)C(=O)O.NC(=O)NCCC[C@H](N)C(=O)O.NC(N)=NCCC[C@H](N)C(=O)O.NCC(=O)O.NCCC[C@H](N)C(=O)O.N[C@@H](CC(=O)O)C(=O)O.N[C@@H](CCC(=O)O)C(=O)O.N[C@@H](CO)C(=O)O.N[C@@H](CS)C(=O)O.O=C(O)[C@@H]1CCCN1. The molecule has 1 heterocycles. The molecule has 98 heavy (non-hydrogen) atoms. The van der Waals surface area contributed by atoms with Gasteiger partial charge in [-0.3, -0.25) is 76.9 Å². The second kappa shape index (κ2) is 71.7. The number of amides is 4. The molecule has 1 aliphatic rings. The van der Waals surface area contributed by atoms with Crippen molar-refractivity contribution in [3.63, 3.8) is 0 Å². The van der Waals surface area contributed by atoms with E-state index in [1.54, 1.807) is 0 Å². The largest absolute Gasteiger partial charge is 0.481 e. The van der Waals surface area contributed by atoms with E-state index in [1.807, 2.05) is 0 Å². The summed E-state index contributed by atoms with van der Waals surface area (Å²) in [4.78, 5) is 163. The van der Waals surface area contributed by atoms with Gasteiger partial charge in [-0.1, -0.05) is 0 Å². The fourth-order valence-corrected chi connectivity index (χ4v) is 4.37. The highest BCUT2D eigenvalue weighted by Gasteiger charge is 2.21. The third-order valence-electron chi connectivity index (χ3n) is 9.65. The lowest BCUT2D eigenvalue weighted by Crippen LogP contribution is -2.34. The Hall–Kier alpha value is -9.58. The van der Waals surface area contributed by atoms with Crippen LogP contribution in [0.15, 0.2) is 4.99 Å². The normalized spacial score (nSPS) is 13.6. The number of guanidine groups is 1. The Bertz CT molecular complexity index is 2280. The van der Waals surface area contributed by atoms with Gasteiger partial charge in [0.15, 0.2) is 5.96 Å². The summed E-state index contributed by atoms with van der Waals surface area (Å²) < 4.78 is 0. The van der Waals surface area contributed by atoms with Gasteiger partial charge in [-0.05, 0) is 77.3 Å². The average molecular weight is 1460 g/mol. The summed E-state index contributed by atoms with van der Waals surface area (Å²) in [5, 5.41) is 119. The first kappa shape index (κ1) is 110. The number of primary amides is 3. The van der Waals surface area contributed by atoms with E-state index in [9.17, 15) is 76.7 Å². The van der Waals surface area contributed by atoms with Gasteiger partial charge in [0.25, 0.3) is 0 Å². The van der Waals surface area contributed by atoms with Crippen LogP contribution in [0.4, 0.5) is 4.79 Å². The summed E-state index contributed by atoms with van der Waals surface area (Å²) in [5.41, 5.74) is 79.1. The zero-order valence-electron chi connectivity index (χ0n) is 53.0. The Labute approximate surface area is 563 Å². The van der Waals surface area contributed by atoms with Gasteiger partial charge in [-0.25, -0.2) is 4.79 Å². The molecule has 1 rings (SSSR count). The maximum atomic E-state index is 10.2. The monoisotopic (exact) mass is 1460 g/mol. The average Bonchev–Trinajstić information content (AvgIpc) is 2.03. The first-order chi connectivity index (χ1) is 44.8. The maximum Gasteiger partial charge on any atom is 0.322 e. The lowest BCUT2D eigenvalue weighted by atomic mass is 10.2. The zero-order chi connectivity index (χ0) is 79.6. The quantitative estimate of drug-likeness (QED) is 0.0123. The van der Waals surface area contributed by atoms with E-state index in [1.165, 1.54) is 0 Å². The van der Waals surface area contributed by atoms with Crippen molar-refractivity contribution < 1.29 is 148 Å². The van der Waals surface area contributed by atoms with Crippen molar-refractivity contribution in [3.05, 3.63) is 0 Å². The number of aliphatic imine (C=N–C) groups is 1. The number of aliphatic hydroxyl groups is 1. The number of nitrogens with zero attached hydrogens (tertiary/aromatic N) is 1. The van der Waals surface area contributed by atoms with Crippen LogP contribution in [-0.4, -0.2) is 278 Å². The standard InChI is InChI=1S/C6H14N4O2.C6H13N3O3.C5H10N2O3.C5H12N2O2.C5H9NO4.C5H9NO2.C4H8N2O3.C4H7NO4.C3H7NO3.C3H7NO2S.C2H5NO2/c7-4(5(11)12)2-1-3-10-6(8)9;7-4(5(10)11)2-1-3-9-6(8)12;6-3(5(9)10)1-2-4(7)8;6-3-1-2-4(7)5(8)9;6-3(5(9)10)1-2-4(7)8;7-5(8)4-2-1-3-6-4;2*5-2(4(8)9)1-3(6)7;4-2(1-5)3(6)7;4-2(1-7)3(5)6;3-1-2(4)5/h4H,1-3,7H2,(H,11,12)(H4,8,9,10);4H,1-3,7H2,(H,10,11)(H3,8,9,12);3H,1-2,6H2,(H2,7,8)(H,9,10);4H,1-3,6-7H2,(H,8,9);3H,1-2,6H2,(H,7,8)(H,9,10);4,6H,1-3H2,(H,7,8);2H,1,5H2,(H2,6,7)(H,8,9);2H,1,5H2,(H,6,7)(H,8,9);2,5H,1,4H2,(H,6,7);2,7H,1,4H2,(H,5,6);1,3H2,(H,4,5)/t2*4-;3-;4-;3-;4-;4*2-;/m0000000000./s1. The number of nitrogens with one attached hydrogen (secondary N) is 2. The van der Waals surface area contributed by atoms with Crippen molar-refractivity contribution in [1.82, 2.24) is 10.6 Å². The number of urea groups is 1. The number of aliphatic hydroxyl groups excluding tert-OH is 1. The van der Waals surface area contributed by atoms with Crippen LogP contribution in [0.25, 0.3) is 0 Å². The molecule has 0 bridgehead atoms. The highest BCUT2D eigenvalue weighted by Crippen LogP contribution is 2.03. The molecule has 49 nitrogen and oxygen atoms in total. The number of carbonyl (C=O) groups excluding carboxylic acids is 3. The molecule has 0 aromatic carbocycles. The second-order valence-electron chi connectivity index (χ2n) is 18.5. The third kappa shape index (κ3) is 100.0. The molecule has 0 aliphatic carbocycles. The van der Waals surface area contributed by atoms with E-state index in [-0.39, 0.29) is 56.4 Å². The molecule has 0 unspecified atom stereocenters. The number of carbonyl (C=O) groups is 16. The van der Waals surface area contributed by atoms with Crippen LogP contribution >= 0.6 is 12.6 Å². The van der Waals surface area contributed by atoms with Crippen LogP contribution in [0.5, 0.6) is 0 Å². The Balaban J connectivity index is -0.000000109. The minimum absolute atomic E-state index is 0.0129. The number of carboxylic acids is 13. The summed E-state index contributed by atoms with van der Waals surface area (Å²) in [7, 11) is 0. The van der Waals surface area contributed by atoms with Gasteiger partial charge in [-0.15, -0.1) is 0 Å². The Kier molecular flexibility index (Phi) is 80.4. The van der Waals surface area contributed by atoms with E-state index in [0.29, 0.717) is 58.2 Å². The Morgan fingerprint density at radius 2 is 0.786 bits per heavy atom. The van der Waals surface area contributed by atoms with Crippen molar-refractivity contribution in [2.75, 3.05) is 45.1 Å². The Morgan fingerprint density at radius 1 is 0.439 bits per heavy atom. The van der Waals surface area contributed by atoms with E-state index in [4.69, 9.17) is 152 Å². The molecule has 0 aromatic rings. The molecule has 1 fully saturated rings. The smallest absolute Gasteiger partial charge is 0.322 e. The summed E-state index contributed by atoms with van der Waals surface area (Å²) >= 11 is 3.65. The van der Waals surface area contributed by atoms with Crippen molar-refractivity contribution >= 4 is 114 Å². The molecule has 4 amide bonds. The molecule has 0 spiro atoms. The van der Waals surface area contributed by atoms with Gasteiger partial charge in [0.05, 0.1) is 26.0 Å². The summed E-state index contributed by atoms with van der Waals surface area (Å²) in [6.45, 7) is 1.35. The number of nitrogens with two attached hydrogens (primary N) is 16. The van der Waals surface area contributed by atoms with Crippen molar-refractivity contribution in [2.24, 2.45) is 96.7 Å². The van der Waals surface area contributed by atoms with Gasteiger partial charge in [-0.2, -0.15) is 12.6 Å². The maximum absolute atomic E-state index is 10.2. The molecule has 1 aliphatic heterocycles. The van der Waals surface area contributed by atoms with Gasteiger partial charge < -0.3 is 174 Å². The molecule has 574 valence electrons. The van der Waals surface area contributed by atoms with E-state index >= 15 is 0 Å². The molecular weight excluding hydrogens is 1350 g/mol. The second-order valence-corrected chi connectivity index (χ2v) is 18.8. The molecular formula is C48H101N19O30S. The van der Waals surface area contributed by atoms with Gasteiger partial charge in [0.2, 0.25) is 11.8 Å². The lowest BCUT2D eigenvalue weighted by Gasteiger charge is -2.05. The number of hydrogen-bond acceptors (Lipinski definition) is 31. The molecule has 48 N–H and O–H groups in total. The minimum atomic E-state index is -1.29. The van der Waals surface area contributed by atoms with E-state index < -0.39 is 163 Å². The van der Waals surface area contributed by atoms with Crippen LogP contribution in [0.3, 0.4) is 0 Å². The molecule has 0 aromatic heterocycles. The molecule has 0 saturated carbocycles. The number of hydrogen-bond donors (Lipinski definition) is 33. The van der Waals surface area contributed by atoms with Crippen LogP contribution in [-0.2, 0) is 71.9 Å². The van der Waals surface area contributed by atoms with E-state index in [0.717, 1.165) is 19.4 Å². The number of aliphatic carboxylic acids is 13. The van der Waals surface area contributed by atoms with Crippen molar-refractivity contribution in [2.45, 2.75) is 150 Å². The fourth-order valence-electron chi connectivity index (χ4n) is 4.22. The van der Waals surface area contributed by atoms with Gasteiger partial charge in [0, 0.05) is 31.7 Å². The summed E-state index contributed by atoms with van der Waals surface area (Å²) in [5.74, 6) is -14.9. The molecule has 1 saturated heterocycles. The first-order valence-corrected chi connectivity index (χ1v) is 28.2. The minimum Gasteiger partial charge on any atom is -0.481 e. The zero-order valence-corrected chi connectivity index (χ0v) is 53.9. The van der Waals surface area contributed by atoms with Gasteiger partial charge >= 0.3 is 83.6 Å². The number of rotatable bonds is 34. The van der Waals surface area contributed by atoms with Crippen molar-refractivity contribution in [1.29, 1.82) is 0 Å². The number of carboxylic acid groups (broad SMARTS) is 13. The summed E-state index contributed by atoms with van der Waals surface area (Å²) in [6.07, 6.45) is 3.77. The fraction of sp³-hybridized carbons (Fsp3) is 0.646. The van der Waals surface area contributed by atoms with E-state index in [2.05, 4.69) is 39.7 Å². The number of thiol groups is 1.